The topological polar surface area (TPSA) is 40.5 Å². The summed E-state index contributed by atoms with van der Waals surface area (Å²) >= 11 is 0. The van der Waals surface area contributed by atoms with Crippen molar-refractivity contribution in [2.75, 3.05) is 0 Å². The summed E-state index contributed by atoms with van der Waals surface area (Å²) in [5, 5.41) is 19.4. The molecule has 1 fully saturated rings. The van der Waals surface area contributed by atoms with Gasteiger partial charge in [0.1, 0.15) is 0 Å². The molecule has 0 aliphatic heterocycles. The van der Waals surface area contributed by atoms with Crippen LogP contribution in [0, 0.1) is 11.8 Å². The first-order valence-corrected chi connectivity index (χ1v) is 4.21. The zero-order valence-corrected chi connectivity index (χ0v) is 6.70. The van der Waals surface area contributed by atoms with Crippen LogP contribution in [-0.4, -0.2) is 21.9 Å². The summed E-state index contributed by atoms with van der Waals surface area (Å²) in [6.07, 6.45) is 5.45. The average molecular weight is 154 g/mol. The fraction of sp³-hybridized carbons (Fsp3) is 0.778. The van der Waals surface area contributed by atoms with Crippen molar-refractivity contribution in [2.45, 2.75) is 31.5 Å². The Labute approximate surface area is 66.5 Å². The zero-order valence-electron chi connectivity index (χ0n) is 6.70. The molecule has 0 aromatic carbocycles. The highest BCUT2D eigenvalue weighted by Crippen LogP contribution is 2.43. The smallest absolute Gasteiger partial charge is 0.0852 e. The van der Waals surface area contributed by atoms with E-state index in [0.29, 0.717) is 5.92 Å². The summed E-state index contributed by atoms with van der Waals surface area (Å²) in [5.41, 5.74) is -0.771. The molecular formula is C9H14O2. The molecule has 2 nitrogen and oxygen atoms in total. The molecule has 2 aliphatic carbocycles. The number of aliphatic hydroxyl groups excluding tert-OH is 1. The molecule has 0 aromatic rings. The van der Waals surface area contributed by atoms with Crippen molar-refractivity contribution in [3.05, 3.63) is 12.2 Å². The van der Waals surface area contributed by atoms with Gasteiger partial charge in [0, 0.05) is 11.8 Å². The van der Waals surface area contributed by atoms with Crippen LogP contribution in [0.2, 0.25) is 0 Å². The van der Waals surface area contributed by atoms with E-state index >= 15 is 0 Å². The van der Waals surface area contributed by atoms with E-state index in [-0.39, 0.29) is 12.0 Å². The van der Waals surface area contributed by atoms with Gasteiger partial charge in [0.15, 0.2) is 0 Å². The first-order valence-electron chi connectivity index (χ1n) is 4.21. The van der Waals surface area contributed by atoms with E-state index in [1.54, 1.807) is 6.92 Å². The van der Waals surface area contributed by atoms with Crippen LogP contribution in [-0.2, 0) is 0 Å². The Hall–Kier alpha value is -0.340. The first-order chi connectivity index (χ1) is 5.11. The quantitative estimate of drug-likeness (QED) is 0.504. The van der Waals surface area contributed by atoms with Gasteiger partial charge in [0.2, 0.25) is 0 Å². The predicted molar refractivity (Wildman–Crippen MR) is 42.0 cm³/mol. The van der Waals surface area contributed by atoms with E-state index < -0.39 is 5.60 Å². The molecule has 2 N–H and O–H groups in total. The maximum Gasteiger partial charge on any atom is 0.0852 e. The van der Waals surface area contributed by atoms with Crippen LogP contribution in [0.15, 0.2) is 12.2 Å². The zero-order chi connectivity index (χ0) is 8.06. The Morgan fingerprint density at radius 2 is 2.18 bits per heavy atom. The van der Waals surface area contributed by atoms with Crippen LogP contribution in [0.5, 0.6) is 0 Å². The lowest BCUT2D eigenvalue weighted by atomic mass is 9.80. The van der Waals surface area contributed by atoms with E-state index in [1.165, 1.54) is 0 Å². The molecule has 2 aliphatic rings. The summed E-state index contributed by atoms with van der Waals surface area (Å²) in [6.45, 7) is 1.78. The Morgan fingerprint density at radius 3 is 2.82 bits per heavy atom. The number of rotatable bonds is 0. The Balaban J connectivity index is 2.33. The molecule has 0 amide bonds. The van der Waals surface area contributed by atoms with Gasteiger partial charge in [-0.15, -0.1) is 0 Å². The largest absolute Gasteiger partial charge is 0.392 e. The van der Waals surface area contributed by atoms with Crippen molar-refractivity contribution >= 4 is 0 Å². The normalized spacial score (nSPS) is 55.0. The monoisotopic (exact) mass is 154 g/mol. The standard InChI is InChI=1S/C9H14O2/c1-9(11)5-4-6-2-3-7(9)8(6)10/h4-8,10-11H,2-3H2,1H3/t6-,7-,8-,9+/m1/s1. The van der Waals surface area contributed by atoms with Gasteiger partial charge in [-0.05, 0) is 19.8 Å². The molecule has 0 radical (unpaired) electrons. The van der Waals surface area contributed by atoms with E-state index in [2.05, 4.69) is 0 Å². The molecule has 11 heavy (non-hydrogen) atoms. The minimum absolute atomic E-state index is 0.0671. The van der Waals surface area contributed by atoms with Gasteiger partial charge in [-0.1, -0.05) is 12.2 Å². The van der Waals surface area contributed by atoms with E-state index in [0.717, 1.165) is 12.8 Å². The number of hydrogen-bond acceptors (Lipinski definition) is 2. The van der Waals surface area contributed by atoms with Crippen molar-refractivity contribution in [1.82, 2.24) is 0 Å². The minimum atomic E-state index is -0.771. The van der Waals surface area contributed by atoms with Gasteiger partial charge in [0.05, 0.1) is 11.7 Å². The van der Waals surface area contributed by atoms with Crippen LogP contribution in [0.25, 0.3) is 0 Å². The molecule has 2 bridgehead atoms. The second kappa shape index (κ2) is 2.08. The lowest BCUT2D eigenvalue weighted by Crippen LogP contribution is -2.41. The summed E-state index contributed by atoms with van der Waals surface area (Å²) in [7, 11) is 0. The molecule has 0 aromatic heterocycles. The van der Waals surface area contributed by atoms with Crippen LogP contribution >= 0.6 is 0 Å². The Morgan fingerprint density at radius 1 is 1.45 bits per heavy atom. The molecular weight excluding hydrogens is 140 g/mol. The van der Waals surface area contributed by atoms with Crippen molar-refractivity contribution in [3.63, 3.8) is 0 Å². The highest BCUT2D eigenvalue weighted by Gasteiger charge is 2.45. The van der Waals surface area contributed by atoms with Gasteiger partial charge in [-0.25, -0.2) is 0 Å². The van der Waals surface area contributed by atoms with Crippen molar-refractivity contribution in [1.29, 1.82) is 0 Å². The van der Waals surface area contributed by atoms with Gasteiger partial charge in [-0.2, -0.15) is 0 Å². The summed E-state index contributed by atoms with van der Waals surface area (Å²) in [5.74, 6) is 0.373. The van der Waals surface area contributed by atoms with Crippen molar-refractivity contribution in [2.24, 2.45) is 11.8 Å². The highest BCUT2D eigenvalue weighted by atomic mass is 16.3. The third-order valence-electron chi connectivity index (χ3n) is 3.09. The van der Waals surface area contributed by atoms with Crippen molar-refractivity contribution in [3.8, 4) is 0 Å². The lowest BCUT2D eigenvalue weighted by molar-refractivity contribution is -0.0266. The molecule has 0 saturated heterocycles. The maximum atomic E-state index is 9.78. The third kappa shape index (κ3) is 0.932. The van der Waals surface area contributed by atoms with E-state index in [1.807, 2.05) is 12.2 Å². The molecule has 62 valence electrons. The molecule has 0 unspecified atom stereocenters. The molecule has 4 atom stereocenters. The fourth-order valence-corrected chi connectivity index (χ4v) is 2.30. The van der Waals surface area contributed by atoms with Gasteiger partial charge in [0.25, 0.3) is 0 Å². The Kier molecular flexibility index (Phi) is 1.38. The lowest BCUT2D eigenvalue weighted by Gasteiger charge is -2.33. The van der Waals surface area contributed by atoms with Gasteiger partial charge in [-0.3, -0.25) is 0 Å². The highest BCUT2D eigenvalue weighted by molar-refractivity contribution is 5.16. The van der Waals surface area contributed by atoms with Crippen LogP contribution in [0.1, 0.15) is 19.8 Å². The molecule has 2 heteroatoms. The summed E-state index contributed by atoms with van der Waals surface area (Å²) in [6, 6.07) is 0. The van der Waals surface area contributed by atoms with Gasteiger partial charge < -0.3 is 10.2 Å². The second-order valence-corrected chi connectivity index (χ2v) is 3.92. The Bertz CT molecular complexity index is 196. The SMILES string of the molecule is C[C@]1(O)C=C[C@H]2CC[C@@H]1[C@@H]2O. The molecule has 2 rings (SSSR count). The van der Waals surface area contributed by atoms with Crippen molar-refractivity contribution < 1.29 is 10.2 Å². The first kappa shape index (κ1) is 7.32. The second-order valence-electron chi connectivity index (χ2n) is 3.92. The van der Waals surface area contributed by atoms with Crippen LogP contribution in [0.3, 0.4) is 0 Å². The fourth-order valence-electron chi connectivity index (χ4n) is 2.30. The van der Waals surface area contributed by atoms with Crippen LogP contribution < -0.4 is 0 Å². The number of hydrogen-bond donors (Lipinski definition) is 2. The van der Waals surface area contributed by atoms with Crippen LogP contribution in [0.4, 0.5) is 0 Å². The minimum Gasteiger partial charge on any atom is -0.392 e. The summed E-state index contributed by atoms with van der Waals surface area (Å²) in [4.78, 5) is 0. The third-order valence-corrected chi connectivity index (χ3v) is 3.09. The molecule has 0 heterocycles. The van der Waals surface area contributed by atoms with Gasteiger partial charge >= 0.3 is 0 Å². The average Bonchev–Trinajstić information content (AvgIpc) is 2.18. The number of fused-ring (bicyclic) bond motifs is 2. The van der Waals surface area contributed by atoms with E-state index in [9.17, 15) is 10.2 Å². The molecule has 0 spiro atoms. The summed E-state index contributed by atoms with van der Waals surface area (Å²) < 4.78 is 0. The maximum absolute atomic E-state index is 9.78. The number of aliphatic hydroxyl groups is 2. The predicted octanol–water partition coefficient (Wildman–Crippen LogP) is 0.694. The van der Waals surface area contributed by atoms with E-state index in [4.69, 9.17) is 0 Å². The molecule has 1 saturated carbocycles.